The molecule has 1 heterocycles. The van der Waals surface area contributed by atoms with E-state index >= 15 is 0 Å². The number of methoxy groups -OCH3 is 1. The zero-order valence-corrected chi connectivity index (χ0v) is 12.2. The Balaban J connectivity index is 2.33. The van der Waals surface area contributed by atoms with Crippen molar-refractivity contribution in [1.82, 2.24) is 4.98 Å². The number of ether oxygens (including phenoxy) is 1. The highest BCUT2D eigenvalue weighted by molar-refractivity contribution is 5.90. The molecule has 4 heteroatoms. The SMILES string of the molecule is COC(=O)c1ccnc(Nc2c(C)cc(C)cc2C)c1. The Labute approximate surface area is 118 Å². The highest BCUT2D eigenvalue weighted by Crippen LogP contribution is 2.25. The minimum atomic E-state index is -0.368. The van der Waals surface area contributed by atoms with Gasteiger partial charge in [-0.05, 0) is 44.0 Å². The maximum absolute atomic E-state index is 11.5. The smallest absolute Gasteiger partial charge is 0.338 e. The van der Waals surface area contributed by atoms with Crippen LogP contribution in [0, 0.1) is 20.8 Å². The van der Waals surface area contributed by atoms with E-state index in [1.165, 1.54) is 12.7 Å². The number of hydrogen-bond acceptors (Lipinski definition) is 4. The molecule has 1 aromatic carbocycles. The number of carbonyl (C=O) groups is 1. The van der Waals surface area contributed by atoms with Gasteiger partial charge in [-0.1, -0.05) is 17.7 Å². The monoisotopic (exact) mass is 270 g/mol. The largest absolute Gasteiger partial charge is 0.465 e. The lowest BCUT2D eigenvalue weighted by atomic mass is 10.1. The zero-order valence-electron chi connectivity index (χ0n) is 12.2. The summed E-state index contributed by atoms with van der Waals surface area (Å²) in [5.41, 5.74) is 5.01. The van der Waals surface area contributed by atoms with Crippen molar-refractivity contribution in [2.24, 2.45) is 0 Å². The highest BCUT2D eigenvalue weighted by atomic mass is 16.5. The average molecular weight is 270 g/mol. The molecular formula is C16H18N2O2. The molecule has 0 amide bonds. The fraction of sp³-hybridized carbons (Fsp3) is 0.250. The lowest BCUT2D eigenvalue weighted by Gasteiger charge is -2.13. The van der Waals surface area contributed by atoms with Gasteiger partial charge in [0.25, 0.3) is 0 Å². The van der Waals surface area contributed by atoms with Crippen LogP contribution in [0.5, 0.6) is 0 Å². The molecule has 0 atom stereocenters. The Morgan fingerprint density at radius 1 is 1.15 bits per heavy atom. The molecule has 1 aromatic heterocycles. The molecule has 0 fully saturated rings. The predicted molar refractivity (Wildman–Crippen MR) is 79.5 cm³/mol. The Morgan fingerprint density at radius 3 is 2.40 bits per heavy atom. The van der Waals surface area contributed by atoms with E-state index in [-0.39, 0.29) is 5.97 Å². The standard InChI is InChI=1S/C16H18N2O2/c1-10-7-11(2)15(12(3)8-10)18-14-9-13(5-6-17-14)16(19)20-4/h5-9H,1-4H3,(H,17,18). The van der Waals surface area contributed by atoms with Crippen LogP contribution in [0.4, 0.5) is 11.5 Å². The Bertz CT molecular complexity index is 628. The van der Waals surface area contributed by atoms with Crippen LogP contribution in [0.3, 0.4) is 0 Å². The van der Waals surface area contributed by atoms with Crippen molar-refractivity contribution in [2.45, 2.75) is 20.8 Å². The van der Waals surface area contributed by atoms with E-state index < -0.39 is 0 Å². The van der Waals surface area contributed by atoms with Gasteiger partial charge < -0.3 is 10.1 Å². The second-order valence-corrected chi connectivity index (χ2v) is 4.82. The number of pyridine rings is 1. The molecule has 0 bridgehead atoms. The first-order valence-electron chi connectivity index (χ1n) is 6.40. The normalized spacial score (nSPS) is 10.2. The molecule has 2 rings (SSSR count). The van der Waals surface area contributed by atoms with Gasteiger partial charge in [-0.3, -0.25) is 0 Å². The minimum absolute atomic E-state index is 0.368. The van der Waals surface area contributed by atoms with E-state index in [9.17, 15) is 4.79 Å². The number of aryl methyl sites for hydroxylation is 3. The number of hydrogen-bond donors (Lipinski definition) is 1. The molecule has 0 unspecified atom stereocenters. The van der Waals surface area contributed by atoms with Gasteiger partial charge in [-0.15, -0.1) is 0 Å². The van der Waals surface area contributed by atoms with Gasteiger partial charge in [-0.2, -0.15) is 0 Å². The molecule has 0 spiro atoms. The number of anilines is 2. The second kappa shape index (κ2) is 5.74. The van der Waals surface area contributed by atoms with Crippen molar-refractivity contribution < 1.29 is 9.53 Å². The van der Waals surface area contributed by atoms with Gasteiger partial charge in [0.15, 0.2) is 0 Å². The first-order valence-corrected chi connectivity index (χ1v) is 6.40. The predicted octanol–water partition coefficient (Wildman–Crippen LogP) is 3.54. The summed E-state index contributed by atoms with van der Waals surface area (Å²) in [5, 5.41) is 3.27. The number of aromatic nitrogens is 1. The van der Waals surface area contributed by atoms with Crippen molar-refractivity contribution in [3.8, 4) is 0 Å². The van der Waals surface area contributed by atoms with E-state index in [0.29, 0.717) is 11.4 Å². The number of rotatable bonds is 3. The van der Waals surface area contributed by atoms with Crippen molar-refractivity contribution >= 4 is 17.5 Å². The van der Waals surface area contributed by atoms with Gasteiger partial charge in [0.05, 0.1) is 12.7 Å². The van der Waals surface area contributed by atoms with Crippen molar-refractivity contribution in [3.63, 3.8) is 0 Å². The number of nitrogens with zero attached hydrogens (tertiary/aromatic N) is 1. The van der Waals surface area contributed by atoms with E-state index in [4.69, 9.17) is 4.74 Å². The Hall–Kier alpha value is -2.36. The maximum atomic E-state index is 11.5. The molecule has 1 N–H and O–H groups in total. The molecule has 2 aromatic rings. The summed E-state index contributed by atoms with van der Waals surface area (Å²) in [7, 11) is 1.37. The van der Waals surface area contributed by atoms with Crippen LogP contribution in [0.15, 0.2) is 30.5 Å². The number of benzene rings is 1. The van der Waals surface area contributed by atoms with Crippen LogP contribution < -0.4 is 5.32 Å². The lowest BCUT2D eigenvalue weighted by Crippen LogP contribution is -2.04. The summed E-state index contributed by atoms with van der Waals surface area (Å²) < 4.78 is 4.71. The fourth-order valence-corrected chi connectivity index (χ4v) is 2.25. The topological polar surface area (TPSA) is 51.2 Å². The Kier molecular flexibility index (Phi) is 4.03. The molecule has 104 valence electrons. The molecule has 0 aliphatic carbocycles. The van der Waals surface area contributed by atoms with Gasteiger partial charge in [-0.25, -0.2) is 9.78 Å². The van der Waals surface area contributed by atoms with Gasteiger partial charge in [0.2, 0.25) is 0 Å². The van der Waals surface area contributed by atoms with E-state index in [1.807, 2.05) is 13.8 Å². The highest BCUT2D eigenvalue weighted by Gasteiger charge is 2.09. The molecule has 0 radical (unpaired) electrons. The van der Waals surface area contributed by atoms with E-state index in [2.05, 4.69) is 29.4 Å². The molecule has 0 aliphatic heterocycles. The number of esters is 1. The minimum Gasteiger partial charge on any atom is -0.465 e. The second-order valence-electron chi connectivity index (χ2n) is 4.82. The number of carbonyl (C=O) groups excluding carboxylic acids is 1. The fourth-order valence-electron chi connectivity index (χ4n) is 2.25. The van der Waals surface area contributed by atoms with Crippen LogP contribution in [-0.4, -0.2) is 18.1 Å². The van der Waals surface area contributed by atoms with Crippen molar-refractivity contribution in [2.75, 3.05) is 12.4 Å². The molecule has 4 nitrogen and oxygen atoms in total. The summed E-state index contributed by atoms with van der Waals surface area (Å²) in [4.78, 5) is 15.8. The Morgan fingerprint density at radius 2 is 1.80 bits per heavy atom. The van der Waals surface area contributed by atoms with Gasteiger partial charge >= 0.3 is 5.97 Å². The maximum Gasteiger partial charge on any atom is 0.338 e. The summed E-state index contributed by atoms with van der Waals surface area (Å²) in [6, 6.07) is 7.54. The molecule has 0 saturated carbocycles. The van der Waals surface area contributed by atoms with Crippen LogP contribution in [0.25, 0.3) is 0 Å². The van der Waals surface area contributed by atoms with Crippen LogP contribution in [0.1, 0.15) is 27.0 Å². The number of nitrogens with one attached hydrogen (secondary N) is 1. The van der Waals surface area contributed by atoms with Crippen LogP contribution >= 0.6 is 0 Å². The van der Waals surface area contributed by atoms with Crippen LogP contribution in [0.2, 0.25) is 0 Å². The van der Waals surface area contributed by atoms with Crippen LogP contribution in [-0.2, 0) is 4.74 Å². The first-order chi connectivity index (χ1) is 9.51. The quantitative estimate of drug-likeness (QED) is 0.867. The summed E-state index contributed by atoms with van der Waals surface area (Å²) in [6.45, 7) is 6.17. The zero-order chi connectivity index (χ0) is 14.7. The third kappa shape index (κ3) is 2.96. The summed E-state index contributed by atoms with van der Waals surface area (Å²) in [6.07, 6.45) is 1.59. The molecular weight excluding hydrogens is 252 g/mol. The third-order valence-electron chi connectivity index (χ3n) is 3.11. The lowest BCUT2D eigenvalue weighted by molar-refractivity contribution is 0.0600. The third-order valence-corrected chi connectivity index (χ3v) is 3.11. The van der Waals surface area contributed by atoms with Gasteiger partial charge in [0, 0.05) is 11.9 Å². The van der Waals surface area contributed by atoms with Gasteiger partial charge in [0.1, 0.15) is 5.82 Å². The molecule has 20 heavy (non-hydrogen) atoms. The van der Waals surface area contributed by atoms with E-state index in [1.54, 1.807) is 18.3 Å². The first kappa shape index (κ1) is 14.1. The molecule has 0 saturated heterocycles. The summed E-state index contributed by atoms with van der Waals surface area (Å²) >= 11 is 0. The average Bonchev–Trinajstić information content (AvgIpc) is 2.42. The van der Waals surface area contributed by atoms with Crippen molar-refractivity contribution in [3.05, 3.63) is 52.7 Å². The molecule has 0 aliphatic rings. The summed E-state index contributed by atoms with van der Waals surface area (Å²) in [5.74, 6) is 0.260. The van der Waals surface area contributed by atoms with Crippen molar-refractivity contribution in [1.29, 1.82) is 0 Å². The van der Waals surface area contributed by atoms with E-state index in [0.717, 1.165) is 16.8 Å².